The summed E-state index contributed by atoms with van der Waals surface area (Å²) in [4.78, 5) is 0. The standard InChI is InChI=1S/C17H14F5NO/c18-11-12(19)14(21)16(15(22)13(11)20)24-17(6-8-23-9-7-17)10-4-2-1-3-5-10/h1-5,23H,6-9H2. The van der Waals surface area contributed by atoms with Crippen molar-refractivity contribution in [1.82, 2.24) is 5.32 Å². The van der Waals surface area contributed by atoms with Gasteiger partial charge in [0.15, 0.2) is 5.75 Å². The molecule has 24 heavy (non-hydrogen) atoms. The Morgan fingerprint density at radius 2 is 1.25 bits per heavy atom. The van der Waals surface area contributed by atoms with Crippen LogP contribution in [-0.2, 0) is 5.60 Å². The number of hydrogen-bond donors (Lipinski definition) is 1. The van der Waals surface area contributed by atoms with Crippen LogP contribution >= 0.6 is 0 Å². The van der Waals surface area contributed by atoms with Gasteiger partial charge < -0.3 is 10.1 Å². The maximum Gasteiger partial charge on any atom is 0.207 e. The van der Waals surface area contributed by atoms with E-state index in [1.54, 1.807) is 30.3 Å². The average Bonchev–Trinajstić information content (AvgIpc) is 2.63. The minimum absolute atomic E-state index is 0.330. The van der Waals surface area contributed by atoms with Gasteiger partial charge in [-0.2, -0.15) is 8.78 Å². The van der Waals surface area contributed by atoms with Crippen LogP contribution in [0.25, 0.3) is 0 Å². The largest absolute Gasteiger partial charge is 0.476 e. The Hall–Kier alpha value is -2.15. The van der Waals surface area contributed by atoms with Gasteiger partial charge in [0.1, 0.15) is 5.60 Å². The Balaban J connectivity index is 2.10. The molecule has 2 aromatic rings. The van der Waals surface area contributed by atoms with Crippen LogP contribution in [0.15, 0.2) is 30.3 Å². The first kappa shape index (κ1) is 16.7. The van der Waals surface area contributed by atoms with E-state index in [4.69, 9.17) is 4.74 Å². The van der Waals surface area contributed by atoms with E-state index in [0.717, 1.165) is 0 Å². The SMILES string of the molecule is Fc1c(F)c(F)c(OC2(c3ccccc3)CCNCC2)c(F)c1F. The first-order valence-electron chi connectivity index (χ1n) is 7.43. The molecule has 1 aliphatic rings. The lowest BCUT2D eigenvalue weighted by atomic mass is 9.84. The number of ether oxygens (including phenoxy) is 1. The van der Waals surface area contributed by atoms with Gasteiger partial charge in [0.05, 0.1) is 0 Å². The predicted octanol–water partition coefficient (Wildman–Crippen LogP) is 4.04. The molecule has 0 spiro atoms. The number of hydrogen-bond acceptors (Lipinski definition) is 2. The van der Waals surface area contributed by atoms with Crippen LogP contribution in [0, 0.1) is 29.1 Å². The van der Waals surface area contributed by atoms with Crippen molar-refractivity contribution >= 4 is 0 Å². The zero-order valence-electron chi connectivity index (χ0n) is 12.5. The van der Waals surface area contributed by atoms with Gasteiger partial charge in [-0.25, -0.2) is 13.2 Å². The highest BCUT2D eigenvalue weighted by Crippen LogP contribution is 2.39. The van der Waals surface area contributed by atoms with Crippen LogP contribution in [0.4, 0.5) is 22.0 Å². The molecule has 0 amide bonds. The maximum atomic E-state index is 14.0. The zero-order valence-corrected chi connectivity index (χ0v) is 12.5. The van der Waals surface area contributed by atoms with E-state index in [9.17, 15) is 22.0 Å². The second-order valence-electron chi connectivity index (χ2n) is 5.61. The molecule has 1 aliphatic heterocycles. The normalized spacial score (nSPS) is 16.9. The van der Waals surface area contributed by atoms with Crippen molar-refractivity contribution in [3.63, 3.8) is 0 Å². The van der Waals surface area contributed by atoms with Crippen molar-refractivity contribution in [2.45, 2.75) is 18.4 Å². The molecule has 128 valence electrons. The summed E-state index contributed by atoms with van der Waals surface area (Å²) in [6.07, 6.45) is 0.660. The van der Waals surface area contributed by atoms with Crippen molar-refractivity contribution in [1.29, 1.82) is 0 Å². The molecule has 0 radical (unpaired) electrons. The Morgan fingerprint density at radius 3 is 1.79 bits per heavy atom. The molecule has 0 bridgehead atoms. The highest BCUT2D eigenvalue weighted by Gasteiger charge is 2.39. The lowest BCUT2D eigenvalue weighted by Crippen LogP contribution is -2.44. The molecule has 2 aromatic carbocycles. The van der Waals surface area contributed by atoms with E-state index >= 15 is 0 Å². The van der Waals surface area contributed by atoms with E-state index in [1.807, 2.05) is 0 Å². The molecule has 2 nitrogen and oxygen atoms in total. The Kier molecular flexibility index (Phi) is 4.45. The lowest BCUT2D eigenvalue weighted by molar-refractivity contribution is 0.0233. The van der Waals surface area contributed by atoms with Crippen LogP contribution in [0.5, 0.6) is 5.75 Å². The molecule has 0 aliphatic carbocycles. The summed E-state index contributed by atoms with van der Waals surface area (Å²) in [5.74, 6) is -11.4. The van der Waals surface area contributed by atoms with Crippen LogP contribution in [0.2, 0.25) is 0 Å². The summed E-state index contributed by atoms with van der Waals surface area (Å²) in [5.41, 5.74) is -0.541. The van der Waals surface area contributed by atoms with E-state index < -0.39 is 40.4 Å². The molecule has 0 atom stereocenters. The van der Waals surface area contributed by atoms with Crippen molar-refractivity contribution in [2.24, 2.45) is 0 Å². The molecular weight excluding hydrogens is 329 g/mol. The molecule has 0 aromatic heterocycles. The maximum absolute atomic E-state index is 14.0. The van der Waals surface area contributed by atoms with Crippen molar-refractivity contribution in [3.05, 3.63) is 65.0 Å². The van der Waals surface area contributed by atoms with Crippen LogP contribution in [0.3, 0.4) is 0 Å². The average molecular weight is 343 g/mol. The van der Waals surface area contributed by atoms with Gasteiger partial charge in [0, 0.05) is 12.8 Å². The quantitative estimate of drug-likeness (QED) is 0.516. The summed E-state index contributed by atoms with van der Waals surface area (Å²) in [5, 5.41) is 3.08. The van der Waals surface area contributed by atoms with E-state index in [2.05, 4.69) is 5.32 Å². The predicted molar refractivity (Wildman–Crippen MR) is 77.1 cm³/mol. The third-order valence-electron chi connectivity index (χ3n) is 4.18. The van der Waals surface area contributed by atoms with Gasteiger partial charge in [-0.15, -0.1) is 0 Å². The smallest absolute Gasteiger partial charge is 0.207 e. The molecule has 1 fully saturated rings. The van der Waals surface area contributed by atoms with Gasteiger partial charge in [-0.3, -0.25) is 0 Å². The number of benzene rings is 2. The number of halogens is 5. The second-order valence-corrected chi connectivity index (χ2v) is 5.61. The van der Waals surface area contributed by atoms with Crippen LogP contribution in [-0.4, -0.2) is 13.1 Å². The lowest BCUT2D eigenvalue weighted by Gasteiger charge is -2.38. The summed E-state index contributed by atoms with van der Waals surface area (Å²) >= 11 is 0. The monoisotopic (exact) mass is 343 g/mol. The van der Waals surface area contributed by atoms with Gasteiger partial charge in [-0.1, -0.05) is 30.3 Å². The van der Waals surface area contributed by atoms with Gasteiger partial charge in [-0.05, 0) is 18.7 Å². The first-order valence-corrected chi connectivity index (χ1v) is 7.43. The minimum atomic E-state index is -2.20. The fourth-order valence-corrected chi connectivity index (χ4v) is 2.89. The van der Waals surface area contributed by atoms with E-state index in [-0.39, 0.29) is 0 Å². The highest BCUT2D eigenvalue weighted by molar-refractivity contribution is 5.33. The van der Waals surface area contributed by atoms with Crippen molar-refractivity contribution < 1.29 is 26.7 Å². The number of piperidine rings is 1. The molecule has 1 heterocycles. The Bertz CT molecular complexity index is 715. The van der Waals surface area contributed by atoms with Gasteiger partial charge in [0.2, 0.25) is 29.1 Å². The zero-order chi connectivity index (χ0) is 17.3. The molecule has 0 saturated carbocycles. The molecule has 1 saturated heterocycles. The molecular formula is C17H14F5NO. The van der Waals surface area contributed by atoms with Crippen LogP contribution in [0.1, 0.15) is 18.4 Å². The third-order valence-corrected chi connectivity index (χ3v) is 4.18. The molecule has 0 unspecified atom stereocenters. The minimum Gasteiger partial charge on any atom is -0.476 e. The Labute approximate surface area is 135 Å². The summed E-state index contributed by atoms with van der Waals surface area (Å²) in [7, 11) is 0. The highest BCUT2D eigenvalue weighted by atomic mass is 19.2. The molecule has 3 rings (SSSR count). The van der Waals surface area contributed by atoms with E-state index in [1.165, 1.54) is 0 Å². The van der Waals surface area contributed by atoms with Gasteiger partial charge >= 0.3 is 0 Å². The summed E-state index contributed by atoms with van der Waals surface area (Å²) in [6, 6.07) is 8.62. The summed E-state index contributed by atoms with van der Waals surface area (Å²) < 4.78 is 73.5. The van der Waals surface area contributed by atoms with Crippen LogP contribution < -0.4 is 10.1 Å². The number of nitrogens with one attached hydrogen (secondary N) is 1. The summed E-state index contributed by atoms with van der Waals surface area (Å²) in [6.45, 7) is 0.981. The third kappa shape index (κ3) is 2.73. The molecule has 7 heteroatoms. The van der Waals surface area contributed by atoms with Gasteiger partial charge in [0.25, 0.3) is 0 Å². The fraction of sp³-hybridized carbons (Fsp3) is 0.294. The topological polar surface area (TPSA) is 21.3 Å². The fourth-order valence-electron chi connectivity index (χ4n) is 2.89. The van der Waals surface area contributed by atoms with Crippen molar-refractivity contribution in [3.8, 4) is 5.75 Å². The number of rotatable bonds is 3. The van der Waals surface area contributed by atoms with Crippen molar-refractivity contribution in [2.75, 3.05) is 13.1 Å². The molecule has 1 N–H and O–H groups in total. The first-order chi connectivity index (χ1) is 11.5. The Morgan fingerprint density at radius 1 is 0.750 bits per heavy atom. The van der Waals surface area contributed by atoms with E-state index in [0.29, 0.717) is 31.5 Å². The second kappa shape index (κ2) is 6.39.